The number of rotatable bonds is 6. The smallest absolute Gasteiger partial charge is 0.257 e. The lowest BCUT2D eigenvalue weighted by Crippen LogP contribution is -2.30. The lowest BCUT2D eigenvalue weighted by atomic mass is 9.99. The summed E-state index contributed by atoms with van der Waals surface area (Å²) in [5.41, 5.74) is 0.911. The van der Waals surface area contributed by atoms with Gasteiger partial charge >= 0.3 is 0 Å². The number of amides is 1. The summed E-state index contributed by atoms with van der Waals surface area (Å²) in [5, 5.41) is 20.8. The first kappa shape index (κ1) is 18.4. The van der Waals surface area contributed by atoms with Crippen LogP contribution < -0.4 is 10.6 Å². The van der Waals surface area contributed by atoms with Crippen LogP contribution in [0.15, 0.2) is 59.4 Å². The number of nitrogens with zero attached hydrogens (tertiary/aromatic N) is 1. The van der Waals surface area contributed by atoms with Crippen LogP contribution >= 0.6 is 22.9 Å². The Labute approximate surface area is 160 Å². The van der Waals surface area contributed by atoms with E-state index >= 15 is 0 Å². The second-order valence-electron chi connectivity index (χ2n) is 6.04. The number of hydrogen-bond donors (Lipinski definition) is 3. The summed E-state index contributed by atoms with van der Waals surface area (Å²) in [6.07, 6.45) is 1.49. The Morgan fingerprint density at radius 2 is 2.15 bits per heavy atom. The minimum Gasteiger partial charge on any atom is -0.384 e. The molecular formula is C19H18ClN3O2S. The average molecular weight is 388 g/mol. The molecule has 1 amide bonds. The molecule has 1 atom stereocenters. The van der Waals surface area contributed by atoms with Crippen LogP contribution in [0.2, 0.25) is 5.02 Å². The Bertz CT molecular complexity index is 880. The normalized spacial score (nSPS) is 13.0. The molecule has 0 saturated carbocycles. The molecule has 0 spiro atoms. The maximum absolute atomic E-state index is 12.3. The van der Waals surface area contributed by atoms with E-state index in [2.05, 4.69) is 15.6 Å². The van der Waals surface area contributed by atoms with Crippen LogP contribution in [0.25, 0.3) is 0 Å². The highest BCUT2D eigenvalue weighted by Crippen LogP contribution is 2.23. The maximum atomic E-state index is 12.3. The zero-order chi connectivity index (χ0) is 18.6. The monoisotopic (exact) mass is 387 g/mol. The number of hydrogen-bond acceptors (Lipinski definition) is 5. The summed E-state index contributed by atoms with van der Waals surface area (Å²) in [7, 11) is 0. The summed E-state index contributed by atoms with van der Waals surface area (Å²) in [4.78, 5) is 16.5. The van der Waals surface area contributed by atoms with Crippen molar-refractivity contribution in [1.29, 1.82) is 0 Å². The number of carbonyl (C=O) groups excluding carboxylic acids is 1. The number of halogens is 1. The van der Waals surface area contributed by atoms with Crippen LogP contribution in [-0.4, -0.2) is 22.5 Å². The molecule has 3 aromatic rings. The number of pyridine rings is 1. The standard InChI is InChI=1S/C19H18ClN3O2S/c1-19(25,14-7-8-26-11-14)12-22-17-6-5-13(10-21-17)18(24)23-16-4-2-3-15(20)9-16/h2-11,25H,12H2,1H3,(H,21,22)(H,23,24). The van der Waals surface area contributed by atoms with Crippen LogP contribution in [0.5, 0.6) is 0 Å². The second kappa shape index (κ2) is 7.86. The van der Waals surface area contributed by atoms with Crippen molar-refractivity contribution in [3.63, 3.8) is 0 Å². The van der Waals surface area contributed by atoms with Crippen molar-refractivity contribution < 1.29 is 9.90 Å². The van der Waals surface area contributed by atoms with E-state index in [1.165, 1.54) is 17.5 Å². The van der Waals surface area contributed by atoms with Gasteiger partial charge in [-0.3, -0.25) is 4.79 Å². The van der Waals surface area contributed by atoms with E-state index in [1.807, 2.05) is 16.8 Å². The first-order valence-corrected chi connectivity index (χ1v) is 9.28. The summed E-state index contributed by atoms with van der Waals surface area (Å²) in [6.45, 7) is 2.06. The molecule has 7 heteroatoms. The Balaban J connectivity index is 1.60. The van der Waals surface area contributed by atoms with E-state index in [0.29, 0.717) is 28.6 Å². The van der Waals surface area contributed by atoms with Crippen LogP contribution in [-0.2, 0) is 5.60 Å². The van der Waals surface area contributed by atoms with Crippen molar-refractivity contribution in [2.75, 3.05) is 17.2 Å². The van der Waals surface area contributed by atoms with Gasteiger partial charge in [-0.2, -0.15) is 11.3 Å². The molecule has 0 fully saturated rings. The number of thiophene rings is 1. The molecule has 3 N–H and O–H groups in total. The number of benzene rings is 1. The largest absolute Gasteiger partial charge is 0.384 e. The summed E-state index contributed by atoms with van der Waals surface area (Å²) in [6, 6.07) is 12.2. The highest BCUT2D eigenvalue weighted by atomic mass is 35.5. The number of aromatic nitrogens is 1. The molecule has 5 nitrogen and oxygen atoms in total. The zero-order valence-electron chi connectivity index (χ0n) is 14.1. The maximum Gasteiger partial charge on any atom is 0.257 e. The van der Waals surface area contributed by atoms with Crippen molar-refractivity contribution >= 4 is 40.4 Å². The van der Waals surface area contributed by atoms with Crippen molar-refractivity contribution in [1.82, 2.24) is 4.98 Å². The van der Waals surface area contributed by atoms with Gasteiger partial charge in [0.2, 0.25) is 0 Å². The van der Waals surface area contributed by atoms with Gasteiger partial charge in [0.1, 0.15) is 11.4 Å². The second-order valence-corrected chi connectivity index (χ2v) is 7.25. The molecule has 2 heterocycles. The van der Waals surface area contributed by atoms with Crippen molar-refractivity contribution in [2.24, 2.45) is 0 Å². The van der Waals surface area contributed by atoms with Gasteiger partial charge in [0, 0.05) is 23.5 Å². The zero-order valence-corrected chi connectivity index (χ0v) is 15.6. The molecule has 0 aliphatic carbocycles. The number of carbonyl (C=O) groups is 1. The van der Waals surface area contributed by atoms with Gasteiger partial charge in [-0.25, -0.2) is 4.98 Å². The molecule has 0 saturated heterocycles. The van der Waals surface area contributed by atoms with E-state index in [0.717, 1.165) is 5.56 Å². The van der Waals surface area contributed by atoms with Crippen molar-refractivity contribution in [2.45, 2.75) is 12.5 Å². The Hall–Kier alpha value is -2.41. The van der Waals surface area contributed by atoms with Crippen LogP contribution in [0, 0.1) is 0 Å². The van der Waals surface area contributed by atoms with Crippen molar-refractivity contribution in [3.8, 4) is 0 Å². The topological polar surface area (TPSA) is 74.2 Å². The Kier molecular flexibility index (Phi) is 5.56. The third kappa shape index (κ3) is 4.60. The molecule has 1 aromatic carbocycles. The fourth-order valence-electron chi connectivity index (χ4n) is 2.34. The lowest BCUT2D eigenvalue weighted by Gasteiger charge is -2.23. The molecule has 0 aliphatic rings. The van der Waals surface area contributed by atoms with Gasteiger partial charge < -0.3 is 15.7 Å². The Morgan fingerprint density at radius 3 is 2.81 bits per heavy atom. The SMILES string of the molecule is CC(O)(CNc1ccc(C(=O)Nc2cccc(Cl)c2)cn1)c1ccsc1. The van der Waals surface area contributed by atoms with Crippen LogP contribution in [0.1, 0.15) is 22.8 Å². The van der Waals surface area contributed by atoms with Gasteiger partial charge in [-0.1, -0.05) is 17.7 Å². The average Bonchev–Trinajstić information content (AvgIpc) is 3.16. The highest BCUT2D eigenvalue weighted by molar-refractivity contribution is 7.08. The summed E-state index contributed by atoms with van der Waals surface area (Å²) in [5.74, 6) is 0.316. The first-order chi connectivity index (χ1) is 12.4. The first-order valence-electron chi connectivity index (χ1n) is 7.96. The van der Waals surface area contributed by atoms with Gasteiger partial charge in [0.15, 0.2) is 0 Å². The van der Waals surface area contributed by atoms with Gasteiger partial charge in [0.25, 0.3) is 5.91 Å². The van der Waals surface area contributed by atoms with Gasteiger partial charge in [-0.05, 0) is 59.6 Å². The summed E-state index contributed by atoms with van der Waals surface area (Å²) >= 11 is 7.45. The molecule has 134 valence electrons. The fourth-order valence-corrected chi connectivity index (χ4v) is 3.31. The molecule has 3 rings (SSSR count). The number of anilines is 2. The van der Waals surface area contributed by atoms with E-state index < -0.39 is 5.60 Å². The highest BCUT2D eigenvalue weighted by Gasteiger charge is 2.23. The number of aliphatic hydroxyl groups is 1. The molecule has 0 bridgehead atoms. The minimum absolute atomic E-state index is 0.267. The third-order valence-electron chi connectivity index (χ3n) is 3.86. The molecule has 1 unspecified atom stereocenters. The lowest BCUT2D eigenvalue weighted by molar-refractivity contribution is 0.0719. The van der Waals surface area contributed by atoms with Gasteiger partial charge in [0.05, 0.1) is 5.56 Å². The fraction of sp³-hybridized carbons (Fsp3) is 0.158. The Morgan fingerprint density at radius 1 is 1.31 bits per heavy atom. The van der Waals surface area contributed by atoms with Crippen LogP contribution in [0.4, 0.5) is 11.5 Å². The van der Waals surface area contributed by atoms with E-state index in [4.69, 9.17) is 11.6 Å². The molecule has 26 heavy (non-hydrogen) atoms. The molecule has 0 aliphatic heterocycles. The molecule has 0 radical (unpaired) electrons. The molecular weight excluding hydrogens is 370 g/mol. The molecule has 2 aromatic heterocycles. The summed E-state index contributed by atoms with van der Waals surface area (Å²) < 4.78 is 0. The van der Waals surface area contributed by atoms with E-state index in [-0.39, 0.29) is 5.91 Å². The van der Waals surface area contributed by atoms with Crippen LogP contribution in [0.3, 0.4) is 0 Å². The predicted octanol–water partition coefficient (Wildman–Crippen LogP) is 4.37. The quantitative estimate of drug-likeness (QED) is 0.587. The van der Waals surface area contributed by atoms with Crippen molar-refractivity contribution in [3.05, 3.63) is 75.6 Å². The van der Waals surface area contributed by atoms with Gasteiger partial charge in [-0.15, -0.1) is 0 Å². The minimum atomic E-state index is -0.996. The predicted molar refractivity (Wildman–Crippen MR) is 106 cm³/mol. The number of nitrogens with one attached hydrogen (secondary N) is 2. The third-order valence-corrected chi connectivity index (χ3v) is 4.78. The van der Waals surface area contributed by atoms with E-state index in [1.54, 1.807) is 43.3 Å². The van der Waals surface area contributed by atoms with E-state index in [9.17, 15) is 9.90 Å².